The highest BCUT2D eigenvalue weighted by Crippen LogP contribution is 2.50. The summed E-state index contributed by atoms with van der Waals surface area (Å²) in [6.07, 6.45) is -1.38. The van der Waals surface area contributed by atoms with E-state index < -0.39 is 111 Å². The van der Waals surface area contributed by atoms with Crippen LogP contribution < -0.4 is 11.1 Å². The van der Waals surface area contributed by atoms with Crippen LogP contribution in [-0.4, -0.2) is 173 Å². The van der Waals surface area contributed by atoms with Crippen LogP contribution in [0.5, 0.6) is 0 Å². The summed E-state index contributed by atoms with van der Waals surface area (Å²) in [4.78, 5) is 64.1. The molecule has 0 radical (unpaired) electrons. The van der Waals surface area contributed by atoms with E-state index in [0.29, 0.717) is 42.4 Å². The van der Waals surface area contributed by atoms with E-state index in [4.69, 9.17) is 48.6 Å². The number of aliphatic hydroxyl groups excluding tert-OH is 2. The van der Waals surface area contributed by atoms with Crippen LogP contribution in [0.1, 0.15) is 87.1 Å². The van der Waals surface area contributed by atoms with Gasteiger partial charge in [0.05, 0.1) is 47.9 Å². The second-order valence-corrected chi connectivity index (χ2v) is 23.9. The Bertz CT molecular complexity index is 2430. The number of ether oxygens (including phenoxy) is 8. The number of imidazole rings is 1. The molecule has 23 heteroatoms. The summed E-state index contributed by atoms with van der Waals surface area (Å²) in [6.45, 7) is 17.0. The molecule has 7 heterocycles. The zero-order valence-corrected chi connectivity index (χ0v) is 47.8. The van der Waals surface area contributed by atoms with Crippen LogP contribution in [-0.2, 0) is 65.4 Å². The number of aryl methyl sites for hydroxylation is 1. The zero-order valence-electron chi connectivity index (χ0n) is 44.8. The lowest BCUT2D eigenvalue weighted by molar-refractivity contribution is -0.319. The van der Waals surface area contributed by atoms with E-state index in [9.17, 15) is 19.8 Å². The first kappa shape index (κ1) is 58.3. The largest absolute Gasteiger partial charge is 0.453 e. The number of esters is 2. The van der Waals surface area contributed by atoms with E-state index in [2.05, 4.69) is 20.3 Å². The lowest BCUT2D eigenvalue weighted by Crippen LogP contribution is -2.61. The molecule has 4 aliphatic heterocycles. The fourth-order valence-corrected chi connectivity index (χ4v) is 13.7. The van der Waals surface area contributed by atoms with Gasteiger partial charge in [0.2, 0.25) is 5.95 Å². The summed E-state index contributed by atoms with van der Waals surface area (Å²) in [5, 5.41) is 25.3. The highest BCUT2D eigenvalue weighted by Gasteiger charge is 2.62. The fraction of sp³-hybridized carbons (Fsp3) is 0.745. The first-order valence-electron chi connectivity index (χ1n) is 25.4. The Morgan fingerprint density at radius 3 is 2.35 bits per heavy atom. The number of nitrogens with zero attached hydrogens (tertiary/aromatic N) is 6. The molecule has 0 unspecified atom stereocenters. The van der Waals surface area contributed by atoms with E-state index in [1.54, 1.807) is 60.4 Å². The third-order valence-electron chi connectivity index (χ3n) is 16.0. The van der Waals surface area contributed by atoms with Crippen LogP contribution in [0.2, 0.25) is 0 Å². The normalized spacial score (nSPS) is 39.6. The summed E-state index contributed by atoms with van der Waals surface area (Å²) in [7, 11) is 6.83. The van der Waals surface area contributed by atoms with Gasteiger partial charge in [-0.05, 0) is 103 Å². The second-order valence-electron chi connectivity index (χ2n) is 21.6. The van der Waals surface area contributed by atoms with Crippen molar-refractivity contribution in [2.24, 2.45) is 29.6 Å². The molecule has 3 aromatic rings. The van der Waals surface area contributed by atoms with Gasteiger partial charge in [0.15, 0.2) is 33.8 Å². The molecule has 4 saturated heterocycles. The molecule has 0 spiro atoms. The van der Waals surface area contributed by atoms with Gasteiger partial charge in [0, 0.05) is 81.6 Å². The molecule has 7 rings (SSSR count). The number of likely N-dealkylation sites (N-methyl/N-ethyl adjacent to an activating group) is 1. The maximum Gasteiger partial charge on any atom is 0.320 e. The number of aliphatic hydroxyl groups is 2. The average Bonchev–Trinajstić information content (AvgIpc) is 3.89. The van der Waals surface area contributed by atoms with Crippen LogP contribution in [0.25, 0.3) is 11.2 Å². The number of hydrogen-bond acceptors (Lipinski definition) is 21. The van der Waals surface area contributed by atoms with Crippen molar-refractivity contribution in [2.45, 2.75) is 176 Å². The standard InChI is InChI=1S/C51H77IN8O13S/c1-25-20-50(8,67-13)41(71-46-37(62)32(59(10)11)19-26(2)68-46)28(4)38(70-33-21-49(7,66-12)40(63)30(6)69-33)29(5)44(64)72-47(52)51(9)34(27(3)36(25)61)39(45(65)73-51)74-18-17-60-24-56-35-42(53)57-48(58-43(35)60)55-23-31-15-14-16-54-22-31/h14-16,22,24-30,32-34,37-41,46-47,62-63H,17-21,23H2,1-13H3,(H3,53,55,57,58)/t25-,26-,27-,28+,29-,30+,32+,33+,34+,37-,38+,39+,40+,41-,46+,47+,49-,50-,51+/m1/s1. The first-order chi connectivity index (χ1) is 34.9. The number of ketones is 1. The highest BCUT2D eigenvalue weighted by atomic mass is 127. The number of Topliss-reactive ketones (excluding diaryl/α,β-unsaturated/α-hetero) is 1. The van der Waals surface area contributed by atoms with Gasteiger partial charge in [-0.15, -0.1) is 11.8 Å². The third-order valence-corrected chi connectivity index (χ3v) is 18.7. The number of pyridine rings is 1. The van der Waals surface area contributed by atoms with Gasteiger partial charge in [0.25, 0.3) is 0 Å². The molecule has 412 valence electrons. The second kappa shape index (κ2) is 23.7. The van der Waals surface area contributed by atoms with Crippen molar-refractivity contribution in [3.63, 3.8) is 0 Å². The molecule has 0 bridgehead atoms. The predicted molar refractivity (Wildman–Crippen MR) is 284 cm³/mol. The third kappa shape index (κ3) is 12.0. The number of carbonyl (C=O) groups excluding carboxylic acids is 3. The molecular formula is C51H77IN8O13S. The number of cyclic esters (lactones) is 1. The van der Waals surface area contributed by atoms with E-state index in [0.717, 1.165) is 5.56 Å². The summed E-state index contributed by atoms with van der Waals surface area (Å²) < 4.78 is 52.3. The summed E-state index contributed by atoms with van der Waals surface area (Å²) in [6, 6.07) is 3.46. The minimum atomic E-state index is -1.47. The lowest BCUT2D eigenvalue weighted by Gasteiger charge is -2.49. The lowest BCUT2D eigenvalue weighted by atomic mass is 9.72. The summed E-state index contributed by atoms with van der Waals surface area (Å²) in [5.74, 6) is -4.51. The number of nitrogens with one attached hydrogen (secondary N) is 1. The van der Waals surface area contributed by atoms with Crippen LogP contribution in [0.15, 0.2) is 30.9 Å². The number of carbonyl (C=O) groups is 3. The summed E-state index contributed by atoms with van der Waals surface area (Å²) in [5.41, 5.74) is 4.39. The van der Waals surface area contributed by atoms with Crippen molar-refractivity contribution < 1.29 is 62.5 Å². The van der Waals surface area contributed by atoms with E-state index in [-0.39, 0.29) is 36.6 Å². The van der Waals surface area contributed by atoms with Crippen LogP contribution in [0, 0.1) is 29.6 Å². The minimum Gasteiger partial charge on any atom is -0.453 e. The highest BCUT2D eigenvalue weighted by molar-refractivity contribution is 14.1. The van der Waals surface area contributed by atoms with Gasteiger partial charge < -0.3 is 68.6 Å². The van der Waals surface area contributed by atoms with Gasteiger partial charge in [0.1, 0.15) is 28.8 Å². The molecule has 3 aromatic heterocycles. The van der Waals surface area contributed by atoms with Crippen molar-refractivity contribution in [2.75, 3.05) is 45.1 Å². The number of alkyl halides is 1. The smallest absolute Gasteiger partial charge is 0.320 e. The van der Waals surface area contributed by atoms with Gasteiger partial charge in [-0.2, -0.15) is 9.97 Å². The predicted octanol–water partition coefficient (Wildman–Crippen LogP) is 4.77. The topological polar surface area (TPSA) is 263 Å². The first-order valence-corrected chi connectivity index (χ1v) is 27.7. The van der Waals surface area contributed by atoms with Crippen molar-refractivity contribution in [1.29, 1.82) is 0 Å². The molecule has 5 N–H and O–H groups in total. The minimum absolute atomic E-state index is 0.108. The van der Waals surface area contributed by atoms with Crippen molar-refractivity contribution in [1.82, 2.24) is 29.4 Å². The molecule has 4 fully saturated rings. The SMILES string of the molecule is CO[C@]1(C)C[C@@H](C)C(=O)[C@H](C)[C@H]2[C@H](SCCn3cnc4c(N)nc(NCc5cccnc5)nc43)C(=O)O[C@]2(C)[C@@H](I)OC(=O)[C@H](C)[C@@H](O[C@H]2C[C@@](C)(OC)[C@@H](O)[C@H](C)O2)[C@H](C)[C@H]1O[C@@H]1O[C@H](C)C[C@H](N(C)C)[C@H]1O. The van der Waals surface area contributed by atoms with Gasteiger partial charge >= 0.3 is 11.9 Å². The van der Waals surface area contributed by atoms with Gasteiger partial charge in [-0.1, -0.05) is 26.8 Å². The Kier molecular flexibility index (Phi) is 18.7. The van der Waals surface area contributed by atoms with E-state index in [1.807, 2.05) is 86.0 Å². The molecular weight excluding hydrogens is 1090 g/mol. The number of nitrogen functional groups attached to an aromatic ring is 1. The number of anilines is 2. The molecule has 0 aliphatic carbocycles. The Morgan fingerprint density at radius 1 is 0.973 bits per heavy atom. The Morgan fingerprint density at radius 2 is 1.69 bits per heavy atom. The zero-order chi connectivity index (χ0) is 54.2. The molecule has 21 nitrogen and oxygen atoms in total. The molecule has 19 atom stereocenters. The van der Waals surface area contributed by atoms with Crippen molar-refractivity contribution in [3.05, 3.63) is 36.4 Å². The fourth-order valence-electron chi connectivity index (χ4n) is 11.5. The number of fused-ring (bicyclic) bond motifs is 2. The van der Waals surface area contributed by atoms with E-state index in [1.165, 1.54) is 18.9 Å². The number of aromatic nitrogens is 5. The summed E-state index contributed by atoms with van der Waals surface area (Å²) >= 11 is 3.33. The van der Waals surface area contributed by atoms with Gasteiger partial charge in [-0.3, -0.25) is 19.4 Å². The van der Waals surface area contributed by atoms with Crippen molar-refractivity contribution >= 4 is 75.0 Å². The Labute approximate surface area is 451 Å². The number of rotatable bonds is 14. The quantitative estimate of drug-likeness (QED) is 0.0962. The number of thioether (sulfide) groups is 1. The maximum absolute atomic E-state index is 15.2. The molecule has 0 saturated carbocycles. The van der Waals surface area contributed by atoms with Crippen LogP contribution in [0.3, 0.4) is 0 Å². The number of methoxy groups -OCH3 is 2. The molecule has 74 heavy (non-hydrogen) atoms. The molecule has 4 aliphatic rings. The van der Waals surface area contributed by atoms with Gasteiger partial charge in [-0.25, -0.2) is 4.98 Å². The van der Waals surface area contributed by atoms with E-state index >= 15 is 4.79 Å². The van der Waals surface area contributed by atoms with Crippen LogP contribution in [0.4, 0.5) is 11.8 Å². The Hall–Kier alpha value is -3.37. The molecule has 0 amide bonds. The average molecular weight is 1170 g/mol. The van der Waals surface area contributed by atoms with Crippen molar-refractivity contribution in [3.8, 4) is 0 Å². The number of halogens is 1. The molecule has 0 aromatic carbocycles. The Balaban J connectivity index is 1.22. The number of nitrogens with two attached hydrogens (primary N) is 1. The maximum atomic E-state index is 15.2. The van der Waals surface area contributed by atoms with Crippen LogP contribution >= 0.6 is 34.4 Å². The monoisotopic (exact) mass is 1170 g/mol. The number of hydrogen-bond donors (Lipinski definition) is 4.